The normalized spacial score (nSPS) is 23.9. The van der Waals surface area contributed by atoms with Gasteiger partial charge in [-0.1, -0.05) is 67.6 Å². The van der Waals surface area contributed by atoms with Crippen molar-refractivity contribution in [1.82, 2.24) is 9.80 Å². The minimum atomic E-state index is -0.996. The van der Waals surface area contributed by atoms with Gasteiger partial charge in [-0.05, 0) is 37.3 Å². The smallest absolute Gasteiger partial charge is 0.231 e. The van der Waals surface area contributed by atoms with Crippen LogP contribution in [0.5, 0.6) is 0 Å². The molecule has 2 fully saturated rings. The first-order chi connectivity index (χ1) is 18.2. The first-order valence-electron chi connectivity index (χ1n) is 13.7. The highest BCUT2D eigenvalue weighted by molar-refractivity contribution is 5.93. The van der Waals surface area contributed by atoms with Crippen LogP contribution in [0.4, 0.5) is 0 Å². The average molecular weight is 520 g/mol. The lowest BCUT2D eigenvalue weighted by atomic mass is 9.69. The summed E-state index contributed by atoms with van der Waals surface area (Å²) < 4.78 is 5.97. The number of nitrogens with two attached hydrogens (primary N) is 1. The second kappa shape index (κ2) is 11.8. The Morgan fingerprint density at radius 3 is 2.45 bits per heavy atom. The second-order valence-electron chi connectivity index (χ2n) is 11.3. The van der Waals surface area contributed by atoms with E-state index in [4.69, 9.17) is 10.5 Å². The molecule has 0 unspecified atom stereocenters. The molecule has 0 radical (unpaired) electrons. The quantitative estimate of drug-likeness (QED) is 0.516. The first kappa shape index (κ1) is 28.0. The topological polar surface area (TPSA) is 92.9 Å². The highest BCUT2D eigenvalue weighted by Gasteiger charge is 2.55. The Morgan fingerprint density at radius 1 is 1.13 bits per heavy atom. The van der Waals surface area contributed by atoms with Crippen molar-refractivity contribution < 1.29 is 19.1 Å². The number of likely N-dealkylation sites (tertiary alicyclic amines) is 2. The van der Waals surface area contributed by atoms with Crippen LogP contribution >= 0.6 is 0 Å². The van der Waals surface area contributed by atoms with Crippen LogP contribution in [0.1, 0.15) is 56.6 Å². The fourth-order valence-electron chi connectivity index (χ4n) is 5.92. The van der Waals surface area contributed by atoms with Crippen LogP contribution in [-0.2, 0) is 25.7 Å². The fourth-order valence-corrected chi connectivity index (χ4v) is 5.92. The number of likely N-dealkylation sites (N-methyl/N-ethyl adjacent to an activating group) is 1. The third-order valence-corrected chi connectivity index (χ3v) is 8.52. The van der Waals surface area contributed by atoms with Crippen LogP contribution in [0, 0.1) is 11.3 Å². The van der Waals surface area contributed by atoms with Gasteiger partial charge in [-0.25, -0.2) is 0 Å². The van der Waals surface area contributed by atoms with Crippen LogP contribution in [0.2, 0.25) is 0 Å². The van der Waals surface area contributed by atoms with Gasteiger partial charge in [0.1, 0.15) is 0 Å². The summed E-state index contributed by atoms with van der Waals surface area (Å²) in [6, 6.07) is 19.9. The van der Waals surface area contributed by atoms with Gasteiger partial charge >= 0.3 is 0 Å². The molecule has 0 aliphatic carbocycles. The van der Waals surface area contributed by atoms with Gasteiger partial charge in [0.05, 0.1) is 30.1 Å². The molecule has 1 spiro atoms. The molecule has 38 heavy (non-hydrogen) atoms. The summed E-state index contributed by atoms with van der Waals surface area (Å²) in [5, 5.41) is 0. The third-order valence-electron chi connectivity index (χ3n) is 8.52. The summed E-state index contributed by atoms with van der Waals surface area (Å²) in [6.07, 6.45) is 1.99. The van der Waals surface area contributed by atoms with E-state index in [-0.39, 0.29) is 36.5 Å². The Hall–Kier alpha value is -3.03. The second-order valence-corrected chi connectivity index (χ2v) is 11.3. The van der Waals surface area contributed by atoms with Gasteiger partial charge in [-0.15, -0.1) is 0 Å². The molecule has 2 aliphatic rings. The van der Waals surface area contributed by atoms with Gasteiger partial charge in [-0.2, -0.15) is 0 Å². The Morgan fingerprint density at radius 2 is 1.79 bits per heavy atom. The maximum absolute atomic E-state index is 14.0. The molecule has 2 aromatic carbocycles. The number of piperidine rings is 1. The van der Waals surface area contributed by atoms with Gasteiger partial charge < -0.3 is 20.3 Å². The van der Waals surface area contributed by atoms with E-state index in [9.17, 15) is 14.4 Å². The maximum atomic E-state index is 14.0. The van der Waals surface area contributed by atoms with Crippen molar-refractivity contribution in [2.75, 3.05) is 33.3 Å². The number of carbonyl (C=O) groups excluding carboxylic acids is 3. The third kappa shape index (κ3) is 5.84. The van der Waals surface area contributed by atoms with Crippen molar-refractivity contribution in [3.63, 3.8) is 0 Å². The predicted octanol–water partition coefficient (Wildman–Crippen LogP) is 3.77. The monoisotopic (exact) mass is 519 g/mol. The first-order valence-corrected chi connectivity index (χ1v) is 13.7. The molecule has 2 aromatic rings. The van der Waals surface area contributed by atoms with Crippen molar-refractivity contribution in [3.8, 4) is 0 Å². The van der Waals surface area contributed by atoms with Crippen LogP contribution < -0.4 is 5.73 Å². The number of benzene rings is 2. The molecule has 4 rings (SSSR count). The lowest BCUT2D eigenvalue weighted by Crippen LogP contribution is -2.54. The van der Waals surface area contributed by atoms with E-state index in [0.717, 1.165) is 24.0 Å². The van der Waals surface area contributed by atoms with Gasteiger partial charge in [0, 0.05) is 39.0 Å². The van der Waals surface area contributed by atoms with Gasteiger partial charge in [0.15, 0.2) is 5.78 Å². The molecule has 204 valence electrons. The minimum absolute atomic E-state index is 0.0126. The summed E-state index contributed by atoms with van der Waals surface area (Å²) in [5.74, 6) is -0.824. The van der Waals surface area contributed by atoms with Gasteiger partial charge in [0.2, 0.25) is 11.8 Å². The minimum Gasteiger partial charge on any atom is -0.376 e. The van der Waals surface area contributed by atoms with E-state index in [1.165, 1.54) is 0 Å². The lowest BCUT2D eigenvalue weighted by molar-refractivity contribution is -0.148. The van der Waals surface area contributed by atoms with E-state index in [0.29, 0.717) is 32.7 Å². The number of hydrogen-bond donors (Lipinski definition) is 1. The molecule has 0 saturated carbocycles. The standard InChI is InChI=1S/C31H41N3O4/c1-4-30(2,32)27(35)18-25(21-38-20-23-12-7-5-8-13-23)28(36)34-17-11-16-31(22-34)26(19-33(3)29(31)37)24-14-9-6-10-15-24/h5-10,12-15,25-26H,4,11,16-22,32H2,1-3H3/t25-,26+,30-,31+/m1/s1. The molecule has 2 aliphatic heterocycles. The van der Waals surface area contributed by atoms with Crippen LogP contribution in [0.15, 0.2) is 60.7 Å². The van der Waals surface area contributed by atoms with Crippen molar-refractivity contribution in [2.45, 2.75) is 57.6 Å². The van der Waals surface area contributed by atoms with E-state index < -0.39 is 16.9 Å². The van der Waals surface area contributed by atoms with Crippen molar-refractivity contribution in [1.29, 1.82) is 0 Å². The molecule has 2 saturated heterocycles. The number of nitrogens with zero attached hydrogens (tertiary/aromatic N) is 2. The van der Waals surface area contributed by atoms with E-state index in [1.807, 2.05) is 62.5 Å². The molecule has 2 N–H and O–H groups in total. The molecule has 2 amide bonds. The number of ketones is 1. The summed E-state index contributed by atoms with van der Waals surface area (Å²) >= 11 is 0. The zero-order valence-electron chi connectivity index (χ0n) is 22.9. The fraction of sp³-hybridized carbons (Fsp3) is 0.516. The number of hydrogen-bond acceptors (Lipinski definition) is 5. The van der Waals surface area contributed by atoms with E-state index >= 15 is 0 Å². The molecule has 0 bridgehead atoms. The van der Waals surface area contributed by atoms with E-state index in [1.54, 1.807) is 16.7 Å². The molecule has 0 aromatic heterocycles. The molecule has 7 nitrogen and oxygen atoms in total. The summed E-state index contributed by atoms with van der Waals surface area (Å²) in [4.78, 5) is 44.3. The maximum Gasteiger partial charge on any atom is 0.231 e. The number of carbonyl (C=O) groups is 3. The number of ether oxygens (including phenoxy) is 1. The van der Waals surface area contributed by atoms with Crippen molar-refractivity contribution in [2.24, 2.45) is 17.1 Å². The Bertz CT molecular complexity index is 1120. The van der Waals surface area contributed by atoms with E-state index in [2.05, 4.69) is 12.1 Å². The highest BCUT2D eigenvalue weighted by Crippen LogP contribution is 2.49. The van der Waals surface area contributed by atoms with Crippen molar-refractivity contribution in [3.05, 3.63) is 71.8 Å². The number of rotatable bonds is 10. The molecule has 7 heteroatoms. The summed E-state index contributed by atoms with van der Waals surface area (Å²) in [7, 11) is 1.85. The molecular weight excluding hydrogens is 478 g/mol. The van der Waals surface area contributed by atoms with Gasteiger partial charge in [-0.3, -0.25) is 14.4 Å². The SMILES string of the molecule is CC[C@@](C)(N)C(=O)C[C@H](COCc1ccccc1)C(=O)N1CCC[C@@]2(C1)C(=O)N(C)C[C@H]2c1ccccc1. The average Bonchev–Trinajstić information content (AvgIpc) is 3.17. The largest absolute Gasteiger partial charge is 0.376 e. The summed E-state index contributed by atoms with van der Waals surface area (Å²) in [5.41, 5.74) is 6.73. The Balaban J connectivity index is 1.55. The zero-order valence-corrected chi connectivity index (χ0v) is 22.9. The zero-order chi connectivity index (χ0) is 27.3. The number of Topliss-reactive ketones (excluding diaryl/α,β-unsaturated/α-hetero) is 1. The predicted molar refractivity (Wildman–Crippen MR) is 147 cm³/mol. The van der Waals surface area contributed by atoms with Crippen LogP contribution in [-0.4, -0.2) is 66.2 Å². The Kier molecular flexibility index (Phi) is 8.68. The number of amides is 2. The van der Waals surface area contributed by atoms with Crippen molar-refractivity contribution >= 4 is 17.6 Å². The van der Waals surface area contributed by atoms with Crippen LogP contribution in [0.3, 0.4) is 0 Å². The highest BCUT2D eigenvalue weighted by atomic mass is 16.5. The van der Waals surface area contributed by atoms with Crippen LogP contribution in [0.25, 0.3) is 0 Å². The summed E-state index contributed by atoms with van der Waals surface area (Å²) in [6.45, 7) is 5.63. The Labute approximate surface area is 226 Å². The lowest BCUT2D eigenvalue weighted by Gasteiger charge is -2.43. The molecule has 4 atom stereocenters. The molecule has 2 heterocycles. The molecular formula is C31H41N3O4. The van der Waals surface area contributed by atoms with Gasteiger partial charge in [0.25, 0.3) is 0 Å².